The Bertz CT molecular complexity index is 1900. The third-order valence-electron chi connectivity index (χ3n) is 10.5. The van der Waals surface area contributed by atoms with Crippen LogP contribution in [-0.4, -0.2) is 3.21 Å². The molecule has 1 unspecified atom stereocenters. The summed E-state index contributed by atoms with van der Waals surface area (Å²) in [6.07, 6.45) is 13.3. The van der Waals surface area contributed by atoms with E-state index in [0.29, 0.717) is 11.8 Å². The molecule has 1 atom stereocenters. The molecule has 0 radical (unpaired) electrons. The first kappa shape index (κ1) is 33.0. The Hall–Kier alpha value is -2.89. The van der Waals surface area contributed by atoms with Gasteiger partial charge in [-0.25, -0.2) is 0 Å². The van der Waals surface area contributed by atoms with E-state index in [1.165, 1.54) is 43.8 Å². The molecule has 0 saturated heterocycles. The quantitative estimate of drug-likeness (QED) is 0.243. The Labute approximate surface area is 289 Å². The van der Waals surface area contributed by atoms with Gasteiger partial charge >= 0.3 is 291 Å². The summed E-state index contributed by atoms with van der Waals surface area (Å²) in [4.78, 5) is 0. The van der Waals surface area contributed by atoms with E-state index >= 15 is 0 Å². The molecule has 235 valence electrons. The van der Waals surface area contributed by atoms with Crippen molar-refractivity contribution in [2.24, 2.45) is 16.7 Å². The fourth-order valence-electron chi connectivity index (χ4n) is 8.18. The van der Waals surface area contributed by atoms with Crippen LogP contribution >= 0.6 is 0 Å². The van der Waals surface area contributed by atoms with E-state index in [0.717, 1.165) is 6.42 Å². The molecule has 0 amide bonds. The molecule has 0 fully saturated rings. The molecule has 0 spiro atoms. The third kappa shape index (κ3) is 5.56. The van der Waals surface area contributed by atoms with Crippen LogP contribution in [0.2, 0.25) is 0 Å². The second-order valence-corrected chi connectivity index (χ2v) is 19.2. The van der Waals surface area contributed by atoms with Crippen LogP contribution in [0.15, 0.2) is 120 Å². The molecular formula is C45H51Zr. The van der Waals surface area contributed by atoms with Crippen molar-refractivity contribution in [3.8, 4) is 0 Å². The molecule has 3 aromatic carbocycles. The van der Waals surface area contributed by atoms with Gasteiger partial charge in [0.05, 0.1) is 0 Å². The van der Waals surface area contributed by atoms with Crippen molar-refractivity contribution in [3.05, 3.63) is 153 Å². The van der Waals surface area contributed by atoms with Crippen LogP contribution in [0.3, 0.4) is 0 Å². The third-order valence-corrected chi connectivity index (χ3v) is 14.4. The molecule has 0 saturated carbocycles. The topological polar surface area (TPSA) is 0 Å². The Morgan fingerprint density at radius 1 is 0.804 bits per heavy atom. The number of hydrogen-bond acceptors (Lipinski definition) is 0. The van der Waals surface area contributed by atoms with E-state index in [2.05, 4.69) is 172 Å². The first-order chi connectivity index (χ1) is 21.8. The number of hydrogen-bond donors (Lipinski definition) is 0. The van der Waals surface area contributed by atoms with E-state index in [-0.39, 0.29) is 16.2 Å². The fourth-order valence-corrected chi connectivity index (χ4v) is 12.1. The van der Waals surface area contributed by atoms with Gasteiger partial charge in [-0.3, -0.25) is 0 Å². The van der Waals surface area contributed by atoms with Crippen molar-refractivity contribution < 1.29 is 22.8 Å². The molecule has 6 rings (SSSR count). The molecule has 0 aromatic heterocycles. The molecule has 0 N–H and O–H groups in total. The van der Waals surface area contributed by atoms with E-state index in [9.17, 15) is 0 Å². The normalized spacial score (nSPS) is 19.2. The van der Waals surface area contributed by atoms with Crippen molar-refractivity contribution in [1.29, 1.82) is 0 Å². The van der Waals surface area contributed by atoms with Crippen molar-refractivity contribution in [3.63, 3.8) is 0 Å². The van der Waals surface area contributed by atoms with Crippen molar-refractivity contribution >= 4 is 12.1 Å². The van der Waals surface area contributed by atoms with E-state index in [4.69, 9.17) is 0 Å². The summed E-state index contributed by atoms with van der Waals surface area (Å²) in [5.74, 6) is 0.885. The average molecular weight is 683 g/mol. The van der Waals surface area contributed by atoms with Crippen LogP contribution in [0.5, 0.6) is 0 Å². The number of allylic oxidation sites excluding steroid dienone is 8. The van der Waals surface area contributed by atoms with Gasteiger partial charge in [-0.1, -0.05) is 0 Å². The van der Waals surface area contributed by atoms with Crippen LogP contribution < -0.4 is 10.4 Å². The molecular weight excluding hydrogens is 632 g/mol. The van der Waals surface area contributed by atoms with Gasteiger partial charge in [0.25, 0.3) is 0 Å². The van der Waals surface area contributed by atoms with Gasteiger partial charge in [0, 0.05) is 0 Å². The van der Waals surface area contributed by atoms with Gasteiger partial charge in [-0.05, 0) is 0 Å². The zero-order chi connectivity index (χ0) is 33.0. The summed E-state index contributed by atoms with van der Waals surface area (Å²) >= 11 is -1.39. The fraction of sp³-hybridized carbons (Fsp3) is 0.356. The molecule has 3 aromatic rings. The molecule has 1 heteroatoms. The van der Waals surface area contributed by atoms with Crippen molar-refractivity contribution in [2.45, 2.75) is 87.0 Å². The van der Waals surface area contributed by atoms with Gasteiger partial charge < -0.3 is 0 Å². The van der Waals surface area contributed by atoms with Gasteiger partial charge in [0.2, 0.25) is 0 Å². The van der Waals surface area contributed by atoms with Crippen LogP contribution in [0, 0.1) is 16.7 Å². The number of rotatable bonds is 6. The zero-order valence-corrected chi connectivity index (χ0v) is 32.1. The minimum atomic E-state index is -1.39. The standard InChI is InChI=1S/C32H41.C13H10.Zr/c1-20(2)26-19-24(30(5,6)7)17-23-18-27-25(28(23)26)15-16-32(21(3)4,31(8,9)10)29(27)22-13-11-12-14-22;1-3-7-12(8-4-1)11-13-9-5-2-6-10-13;/h11-13,15-17,19-21H,14H2,1-10H3;1-10H;. The van der Waals surface area contributed by atoms with Crippen molar-refractivity contribution in [2.75, 3.05) is 0 Å². The predicted octanol–water partition coefficient (Wildman–Crippen LogP) is 10.2. The number of fused-ring (bicyclic) bond motifs is 2. The van der Waals surface area contributed by atoms with Gasteiger partial charge in [-0.2, -0.15) is 0 Å². The zero-order valence-electron chi connectivity index (χ0n) is 29.7. The summed E-state index contributed by atoms with van der Waals surface area (Å²) in [6, 6.07) is 27.6. The maximum absolute atomic E-state index is 2.63. The van der Waals surface area contributed by atoms with Gasteiger partial charge in [0.15, 0.2) is 0 Å². The van der Waals surface area contributed by atoms with E-state index < -0.39 is 22.8 Å². The average Bonchev–Trinajstić information content (AvgIpc) is 3.65. The van der Waals surface area contributed by atoms with Crippen LogP contribution in [0.25, 0.3) is 8.85 Å². The molecule has 3 aliphatic rings. The Kier molecular flexibility index (Phi) is 8.82. The molecule has 3 aliphatic carbocycles. The molecule has 0 bridgehead atoms. The summed E-state index contributed by atoms with van der Waals surface area (Å²) in [6.45, 7) is 24.2. The summed E-state index contributed by atoms with van der Waals surface area (Å²) < 4.78 is 3.22. The summed E-state index contributed by atoms with van der Waals surface area (Å²) in [7, 11) is 0. The Morgan fingerprint density at radius 3 is 1.89 bits per heavy atom. The second kappa shape index (κ2) is 12.3. The van der Waals surface area contributed by atoms with E-state index in [1.807, 2.05) is 0 Å². The first-order valence-corrected chi connectivity index (χ1v) is 19.7. The van der Waals surface area contributed by atoms with E-state index in [1.54, 1.807) is 17.6 Å². The summed E-state index contributed by atoms with van der Waals surface area (Å²) in [5.41, 5.74) is 11.9. The van der Waals surface area contributed by atoms with Crippen molar-refractivity contribution in [1.82, 2.24) is 0 Å². The molecule has 0 aliphatic heterocycles. The predicted molar refractivity (Wildman–Crippen MR) is 196 cm³/mol. The maximum atomic E-state index is 2.63. The van der Waals surface area contributed by atoms with Crippen LogP contribution in [-0.2, 0) is 28.2 Å². The Balaban J connectivity index is 1.87. The second-order valence-electron chi connectivity index (χ2n) is 16.1. The SMILES string of the molecule is CC(C)c1cc(C(C)(C)C)cc2c1=C1C=CC(C(C)C)(C(C)(C)C)C(C3=CC=CC3)=C1[C]=2[Zr]=[C](c1ccccc1)c1ccccc1. The first-order valence-electron chi connectivity index (χ1n) is 17.2. The Morgan fingerprint density at radius 2 is 1.41 bits per heavy atom. The van der Waals surface area contributed by atoms with Gasteiger partial charge in [0.1, 0.15) is 0 Å². The minimum absolute atomic E-state index is 0.0444. The monoisotopic (exact) mass is 681 g/mol. The molecule has 46 heavy (non-hydrogen) atoms. The van der Waals surface area contributed by atoms with Crippen LogP contribution in [0.4, 0.5) is 0 Å². The molecule has 0 nitrogen and oxygen atoms in total. The number of benzene rings is 3. The molecule has 0 heterocycles. The van der Waals surface area contributed by atoms with Gasteiger partial charge in [-0.15, -0.1) is 0 Å². The van der Waals surface area contributed by atoms with Crippen LogP contribution in [0.1, 0.15) is 104 Å². The summed E-state index contributed by atoms with van der Waals surface area (Å²) in [5, 5.41) is 3.01.